The topological polar surface area (TPSA) is 123 Å². The first kappa shape index (κ1) is 19.0. The van der Waals surface area contributed by atoms with E-state index < -0.39 is 21.2 Å². The highest BCUT2D eigenvalue weighted by Crippen LogP contribution is 2.31. The van der Waals surface area contributed by atoms with E-state index in [0.717, 1.165) is 30.8 Å². The predicted molar refractivity (Wildman–Crippen MR) is 98.4 cm³/mol. The van der Waals surface area contributed by atoms with E-state index in [9.17, 15) is 20.2 Å². The van der Waals surface area contributed by atoms with Crippen LogP contribution in [0.1, 0.15) is 26.2 Å². The Morgan fingerprint density at radius 1 is 0.885 bits per heavy atom. The summed E-state index contributed by atoms with van der Waals surface area (Å²) >= 11 is 0. The Balaban J connectivity index is 2.06. The van der Waals surface area contributed by atoms with Crippen LogP contribution in [0.5, 0.6) is 0 Å². The third kappa shape index (κ3) is 5.33. The zero-order valence-corrected chi connectivity index (χ0v) is 14.3. The average molecular weight is 357 g/mol. The molecule has 0 amide bonds. The predicted octanol–water partition coefficient (Wildman–Crippen LogP) is 5.52. The van der Waals surface area contributed by atoms with Crippen LogP contribution in [0.4, 0.5) is 28.4 Å². The summed E-state index contributed by atoms with van der Waals surface area (Å²) in [5.74, 6) is 0. The van der Waals surface area contributed by atoms with E-state index in [4.69, 9.17) is 0 Å². The number of benzene rings is 2. The molecule has 2 aromatic carbocycles. The number of anilines is 1. The van der Waals surface area contributed by atoms with Gasteiger partial charge in [-0.25, -0.2) is 0 Å². The highest BCUT2D eigenvalue weighted by atomic mass is 16.6. The molecule has 0 atom stereocenters. The van der Waals surface area contributed by atoms with E-state index in [-0.39, 0.29) is 5.69 Å². The van der Waals surface area contributed by atoms with E-state index in [1.54, 1.807) is 12.1 Å². The quantitative estimate of drug-likeness (QED) is 0.274. The minimum Gasteiger partial charge on any atom is -0.385 e. The number of azo groups is 1. The van der Waals surface area contributed by atoms with Crippen molar-refractivity contribution in [2.45, 2.75) is 26.2 Å². The second-order valence-electron chi connectivity index (χ2n) is 5.57. The van der Waals surface area contributed by atoms with Gasteiger partial charge in [-0.3, -0.25) is 20.2 Å². The minimum atomic E-state index is -0.809. The molecule has 0 aliphatic carbocycles. The smallest absolute Gasteiger partial charge is 0.348 e. The molecule has 2 rings (SSSR count). The molecule has 0 aromatic heterocycles. The highest BCUT2D eigenvalue weighted by molar-refractivity contribution is 5.60. The summed E-state index contributed by atoms with van der Waals surface area (Å²) in [6.45, 7) is 3.06. The van der Waals surface area contributed by atoms with E-state index in [1.807, 2.05) is 12.1 Å². The van der Waals surface area contributed by atoms with Gasteiger partial charge in [-0.05, 0) is 36.8 Å². The van der Waals surface area contributed by atoms with Crippen molar-refractivity contribution in [2.24, 2.45) is 10.2 Å². The van der Waals surface area contributed by atoms with Crippen LogP contribution >= 0.6 is 0 Å². The molecule has 0 saturated carbocycles. The third-order valence-corrected chi connectivity index (χ3v) is 3.61. The number of nitrogens with zero attached hydrogens (tertiary/aromatic N) is 4. The second kappa shape index (κ2) is 9.21. The molecular formula is C17H19N5O4. The number of nitrogens with one attached hydrogen (secondary N) is 1. The van der Waals surface area contributed by atoms with Crippen molar-refractivity contribution in [3.05, 3.63) is 62.7 Å². The van der Waals surface area contributed by atoms with Gasteiger partial charge in [0, 0.05) is 18.3 Å². The third-order valence-electron chi connectivity index (χ3n) is 3.61. The summed E-state index contributed by atoms with van der Waals surface area (Å²) in [7, 11) is 0. The summed E-state index contributed by atoms with van der Waals surface area (Å²) in [6, 6.07) is 10.7. The number of hydrogen-bond acceptors (Lipinski definition) is 7. The molecule has 9 nitrogen and oxygen atoms in total. The molecule has 0 aliphatic rings. The maximum Gasteiger partial charge on any atom is 0.348 e. The number of hydrogen-bond donors (Lipinski definition) is 1. The standard InChI is InChI=1S/C17H19N5O4/c1-2-3-4-11-18-13-5-7-14(8-6-13)19-20-15-9-10-16(21(23)24)17(12-15)22(25)26/h5-10,12,18H,2-4,11H2,1H3/b20-19+. The summed E-state index contributed by atoms with van der Waals surface area (Å²) < 4.78 is 0. The van der Waals surface area contributed by atoms with Crippen molar-refractivity contribution in [2.75, 3.05) is 11.9 Å². The van der Waals surface area contributed by atoms with Crippen molar-refractivity contribution in [3.63, 3.8) is 0 Å². The van der Waals surface area contributed by atoms with Gasteiger partial charge in [-0.1, -0.05) is 19.8 Å². The fourth-order valence-corrected chi connectivity index (χ4v) is 2.24. The molecule has 0 unspecified atom stereocenters. The molecule has 0 heterocycles. The van der Waals surface area contributed by atoms with Gasteiger partial charge in [-0.2, -0.15) is 10.2 Å². The van der Waals surface area contributed by atoms with Gasteiger partial charge in [0.1, 0.15) is 0 Å². The number of unbranched alkanes of at least 4 members (excludes halogenated alkanes) is 2. The molecule has 0 spiro atoms. The average Bonchev–Trinajstić information content (AvgIpc) is 2.64. The van der Waals surface area contributed by atoms with Crippen LogP contribution in [0, 0.1) is 20.2 Å². The van der Waals surface area contributed by atoms with E-state index in [0.29, 0.717) is 5.69 Å². The van der Waals surface area contributed by atoms with Crippen LogP contribution in [0.15, 0.2) is 52.7 Å². The summed E-state index contributed by atoms with van der Waals surface area (Å²) in [5.41, 5.74) is 0.533. The van der Waals surface area contributed by atoms with E-state index in [2.05, 4.69) is 22.5 Å². The van der Waals surface area contributed by atoms with Crippen molar-refractivity contribution in [1.29, 1.82) is 0 Å². The molecule has 0 fully saturated rings. The molecule has 2 aromatic rings. The zero-order valence-electron chi connectivity index (χ0n) is 14.3. The van der Waals surface area contributed by atoms with Crippen LogP contribution in [0.2, 0.25) is 0 Å². The molecular weight excluding hydrogens is 338 g/mol. The summed E-state index contributed by atoms with van der Waals surface area (Å²) in [4.78, 5) is 20.1. The van der Waals surface area contributed by atoms with Crippen LogP contribution in [-0.2, 0) is 0 Å². The van der Waals surface area contributed by atoms with Crippen molar-refractivity contribution >= 4 is 28.4 Å². The summed E-state index contributed by atoms with van der Waals surface area (Å²) in [6.07, 6.45) is 3.46. The molecule has 136 valence electrons. The number of nitro benzene ring substituents is 2. The largest absolute Gasteiger partial charge is 0.385 e. The Morgan fingerprint density at radius 2 is 1.50 bits per heavy atom. The lowest BCUT2D eigenvalue weighted by Crippen LogP contribution is -2.00. The molecule has 0 bridgehead atoms. The first-order chi connectivity index (χ1) is 12.5. The number of nitro groups is 2. The van der Waals surface area contributed by atoms with Crippen LogP contribution in [0.25, 0.3) is 0 Å². The van der Waals surface area contributed by atoms with E-state index in [1.165, 1.54) is 18.9 Å². The Bertz CT molecular complexity index is 805. The first-order valence-corrected chi connectivity index (χ1v) is 8.19. The molecule has 0 saturated heterocycles. The maximum absolute atomic E-state index is 10.9. The molecule has 0 aliphatic heterocycles. The summed E-state index contributed by atoms with van der Waals surface area (Å²) in [5, 5.41) is 33.0. The molecule has 26 heavy (non-hydrogen) atoms. The van der Waals surface area contributed by atoms with E-state index >= 15 is 0 Å². The lowest BCUT2D eigenvalue weighted by Gasteiger charge is -2.05. The molecule has 0 radical (unpaired) electrons. The fraction of sp³-hybridized carbons (Fsp3) is 0.294. The number of rotatable bonds is 9. The van der Waals surface area contributed by atoms with Gasteiger partial charge in [0.2, 0.25) is 0 Å². The SMILES string of the molecule is CCCCCNc1ccc(/N=N/c2ccc([N+](=O)[O-])c([N+](=O)[O-])c2)cc1. The monoisotopic (exact) mass is 357 g/mol. The van der Waals surface area contributed by atoms with Crippen LogP contribution in [0.3, 0.4) is 0 Å². The van der Waals surface area contributed by atoms with Crippen molar-refractivity contribution < 1.29 is 9.85 Å². The lowest BCUT2D eigenvalue weighted by atomic mass is 10.2. The van der Waals surface area contributed by atoms with Crippen LogP contribution < -0.4 is 5.32 Å². The maximum atomic E-state index is 10.9. The fourth-order valence-electron chi connectivity index (χ4n) is 2.24. The van der Waals surface area contributed by atoms with Gasteiger partial charge in [0.05, 0.1) is 27.3 Å². The molecule has 1 N–H and O–H groups in total. The second-order valence-corrected chi connectivity index (χ2v) is 5.57. The Kier molecular flexibility index (Phi) is 6.72. The first-order valence-electron chi connectivity index (χ1n) is 8.19. The Morgan fingerprint density at radius 3 is 2.12 bits per heavy atom. The minimum absolute atomic E-state index is 0.170. The lowest BCUT2D eigenvalue weighted by molar-refractivity contribution is -0.422. The van der Waals surface area contributed by atoms with Crippen molar-refractivity contribution in [1.82, 2.24) is 0 Å². The van der Waals surface area contributed by atoms with Gasteiger partial charge >= 0.3 is 11.4 Å². The zero-order chi connectivity index (χ0) is 18.9. The normalized spacial score (nSPS) is 10.8. The highest BCUT2D eigenvalue weighted by Gasteiger charge is 2.24. The van der Waals surface area contributed by atoms with Gasteiger partial charge < -0.3 is 5.32 Å². The Hall–Kier alpha value is -3.36. The van der Waals surface area contributed by atoms with Gasteiger partial charge in [0.15, 0.2) is 0 Å². The van der Waals surface area contributed by atoms with Gasteiger partial charge in [-0.15, -0.1) is 0 Å². The van der Waals surface area contributed by atoms with Crippen molar-refractivity contribution in [3.8, 4) is 0 Å². The van der Waals surface area contributed by atoms with Gasteiger partial charge in [0.25, 0.3) is 0 Å². The van der Waals surface area contributed by atoms with Crippen LogP contribution in [-0.4, -0.2) is 16.4 Å². The molecule has 9 heteroatoms. The Labute approximate surface area is 150 Å².